The molecule has 1 saturated carbocycles. The molecule has 0 aromatic heterocycles. The van der Waals surface area contributed by atoms with Crippen molar-refractivity contribution in [2.45, 2.75) is 57.3 Å². The number of hydrogen-bond acceptors (Lipinski definition) is 3. The van der Waals surface area contributed by atoms with E-state index in [1.165, 1.54) is 0 Å². The molecule has 7 heteroatoms. The molecule has 0 heterocycles. The standard InChI is InChI=1S/C18H27F2NO3Si/c1-17(2,3)25(4,5)23-9-8-12-11-18(12,24-16(21)22)14-10-13(19)6-7-15(14)20/h6-7,10,12H,8-9,11H2,1-5H3,(H2,21,22)/t12-,18-/m1/s1. The van der Waals surface area contributed by atoms with Gasteiger partial charge in [-0.1, -0.05) is 20.8 Å². The van der Waals surface area contributed by atoms with Gasteiger partial charge in [-0.2, -0.15) is 0 Å². The molecule has 0 aliphatic heterocycles. The van der Waals surface area contributed by atoms with Crippen molar-refractivity contribution >= 4 is 14.4 Å². The molecule has 1 aromatic carbocycles. The number of rotatable bonds is 6. The summed E-state index contributed by atoms with van der Waals surface area (Å²) in [6, 6.07) is 3.15. The van der Waals surface area contributed by atoms with Crippen LogP contribution in [-0.4, -0.2) is 21.0 Å². The Bertz CT molecular complexity index is 660. The van der Waals surface area contributed by atoms with Gasteiger partial charge in [0.25, 0.3) is 0 Å². The lowest BCUT2D eigenvalue weighted by Gasteiger charge is -2.36. The minimum Gasteiger partial charge on any atom is -0.438 e. The maximum Gasteiger partial charge on any atom is 0.405 e. The van der Waals surface area contributed by atoms with E-state index in [4.69, 9.17) is 14.9 Å². The third-order valence-electron chi connectivity index (χ3n) is 5.45. The molecule has 1 aliphatic rings. The van der Waals surface area contributed by atoms with E-state index in [2.05, 4.69) is 33.9 Å². The molecule has 1 aliphatic carbocycles. The van der Waals surface area contributed by atoms with Crippen LogP contribution in [0.4, 0.5) is 13.6 Å². The summed E-state index contributed by atoms with van der Waals surface area (Å²) < 4.78 is 39.1. The Labute approximate surface area is 148 Å². The quantitative estimate of drug-likeness (QED) is 0.738. The highest BCUT2D eigenvalue weighted by molar-refractivity contribution is 6.74. The van der Waals surface area contributed by atoms with Crippen molar-refractivity contribution in [1.82, 2.24) is 0 Å². The Hall–Kier alpha value is -1.47. The van der Waals surface area contributed by atoms with Crippen LogP contribution in [0.1, 0.15) is 39.2 Å². The molecule has 2 atom stereocenters. The van der Waals surface area contributed by atoms with Gasteiger partial charge in [-0.15, -0.1) is 0 Å². The normalized spacial score (nSPS) is 23.4. The predicted octanol–water partition coefficient (Wildman–Crippen LogP) is 4.69. The Morgan fingerprint density at radius 3 is 2.56 bits per heavy atom. The number of halogens is 2. The molecule has 1 amide bonds. The smallest absolute Gasteiger partial charge is 0.405 e. The van der Waals surface area contributed by atoms with E-state index < -0.39 is 31.6 Å². The number of carbonyl (C=O) groups is 1. The van der Waals surface area contributed by atoms with Crippen molar-refractivity contribution in [3.8, 4) is 0 Å². The Morgan fingerprint density at radius 1 is 1.36 bits per heavy atom. The van der Waals surface area contributed by atoms with Crippen LogP contribution in [0.2, 0.25) is 18.1 Å². The first kappa shape index (κ1) is 19.8. The number of hydrogen-bond donors (Lipinski definition) is 1. The Balaban J connectivity index is 2.10. The number of primary amides is 1. The molecule has 0 spiro atoms. The average molecular weight is 372 g/mol. The van der Waals surface area contributed by atoms with Gasteiger partial charge in [-0.05, 0) is 49.2 Å². The highest BCUT2D eigenvalue weighted by Gasteiger charge is 2.60. The van der Waals surface area contributed by atoms with E-state index in [0.29, 0.717) is 19.4 Å². The van der Waals surface area contributed by atoms with E-state index in [0.717, 1.165) is 18.2 Å². The summed E-state index contributed by atoms with van der Waals surface area (Å²) in [6.45, 7) is 11.2. The van der Waals surface area contributed by atoms with Gasteiger partial charge in [0.05, 0.1) is 0 Å². The lowest BCUT2D eigenvalue weighted by molar-refractivity contribution is 0.0723. The molecule has 1 fully saturated rings. The van der Waals surface area contributed by atoms with Crippen LogP contribution in [0.5, 0.6) is 0 Å². The molecular formula is C18H27F2NO3Si. The SMILES string of the molecule is CC(C)(C)[Si](C)(C)OCC[C@@H]1C[C@]1(OC(N)=O)c1cc(F)ccc1F. The molecule has 0 saturated heterocycles. The third-order valence-corrected chi connectivity index (χ3v) is 9.99. The van der Waals surface area contributed by atoms with Gasteiger partial charge < -0.3 is 14.9 Å². The van der Waals surface area contributed by atoms with Crippen molar-refractivity contribution in [3.63, 3.8) is 0 Å². The van der Waals surface area contributed by atoms with Crippen molar-refractivity contribution in [2.24, 2.45) is 11.7 Å². The fourth-order valence-electron chi connectivity index (χ4n) is 2.83. The van der Waals surface area contributed by atoms with Gasteiger partial charge in [-0.3, -0.25) is 0 Å². The maximum absolute atomic E-state index is 14.2. The van der Waals surface area contributed by atoms with Crippen LogP contribution in [0.15, 0.2) is 18.2 Å². The first-order chi connectivity index (χ1) is 11.4. The van der Waals surface area contributed by atoms with Gasteiger partial charge in [0.2, 0.25) is 0 Å². The van der Waals surface area contributed by atoms with E-state index in [1.54, 1.807) is 0 Å². The molecule has 25 heavy (non-hydrogen) atoms. The Morgan fingerprint density at radius 2 is 2.00 bits per heavy atom. The maximum atomic E-state index is 14.2. The van der Waals surface area contributed by atoms with Gasteiger partial charge in [0.15, 0.2) is 8.32 Å². The summed E-state index contributed by atoms with van der Waals surface area (Å²) >= 11 is 0. The summed E-state index contributed by atoms with van der Waals surface area (Å²) in [5.41, 5.74) is 4.02. The summed E-state index contributed by atoms with van der Waals surface area (Å²) in [5.74, 6) is -1.32. The second-order valence-electron chi connectivity index (χ2n) is 8.23. The molecule has 0 bridgehead atoms. The predicted molar refractivity (Wildman–Crippen MR) is 94.6 cm³/mol. The van der Waals surface area contributed by atoms with E-state index >= 15 is 0 Å². The van der Waals surface area contributed by atoms with Crippen LogP contribution in [0.3, 0.4) is 0 Å². The highest BCUT2D eigenvalue weighted by atomic mass is 28.4. The van der Waals surface area contributed by atoms with Crippen LogP contribution in [-0.2, 0) is 14.8 Å². The minimum atomic E-state index is -1.89. The van der Waals surface area contributed by atoms with Crippen LogP contribution >= 0.6 is 0 Å². The molecule has 2 N–H and O–H groups in total. The monoisotopic (exact) mass is 371 g/mol. The van der Waals surface area contributed by atoms with Crippen LogP contribution < -0.4 is 5.73 Å². The van der Waals surface area contributed by atoms with Crippen LogP contribution in [0, 0.1) is 17.6 Å². The molecule has 2 rings (SSSR count). The molecule has 4 nitrogen and oxygen atoms in total. The second-order valence-corrected chi connectivity index (χ2v) is 13.0. The van der Waals surface area contributed by atoms with Gasteiger partial charge in [0, 0.05) is 18.1 Å². The number of nitrogens with two attached hydrogens (primary N) is 1. The zero-order valence-corrected chi connectivity index (χ0v) is 16.5. The summed E-state index contributed by atoms with van der Waals surface area (Å²) in [5, 5.41) is 0.0893. The summed E-state index contributed by atoms with van der Waals surface area (Å²) in [7, 11) is -1.89. The van der Waals surface area contributed by atoms with Crippen LogP contribution in [0.25, 0.3) is 0 Å². The zero-order valence-electron chi connectivity index (χ0n) is 15.5. The number of carbonyl (C=O) groups excluding carboxylic acids is 1. The molecular weight excluding hydrogens is 344 g/mol. The van der Waals surface area contributed by atoms with Gasteiger partial charge >= 0.3 is 6.09 Å². The van der Waals surface area contributed by atoms with Crippen molar-refractivity contribution in [1.29, 1.82) is 0 Å². The summed E-state index contributed by atoms with van der Waals surface area (Å²) in [6.07, 6.45) is 0.0175. The lowest BCUT2D eigenvalue weighted by atomic mass is 10.0. The lowest BCUT2D eigenvalue weighted by Crippen LogP contribution is -2.41. The van der Waals surface area contributed by atoms with Crippen molar-refractivity contribution in [3.05, 3.63) is 35.4 Å². The number of benzene rings is 1. The molecule has 0 radical (unpaired) electrons. The van der Waals surface area contributed by atoms with E-state index in [-0.39, 0.29) is 16.5 Å². The number of ether oxygens (including phenoxy) is 1. The molecule has 140 valence electrons. The fourth-order valence-corrected chi connectivity index (χ4v) is 3.89. The average Bonchev–Trinajstić information content (AvgIpc) is 3.13. The molecule has 0 unspecified atom stereocenters. The topological polar surface area (TPSA) is 61.6 Å². The third kappa shape index (κ3) is 4.20. The largest absolute Gasteiger partial charge is 0.438 e. The molecule has 1 aromatic rings. The Kier molecular flexibility index (Phi) is 5.30. The fraction of sp³-hybridized carbons (Fsp3) is 0.611. The van der Waals surface area contributed by atoms with E-state index in [1.807, 2.05) is 0 Å². The second kappa shape index (κ2) is 6.68. The highest BCUT2D eigenvalue weighted by Crippen LogP contribution is 2.57. The zero-order chi connectivity index (χ0) is 19.0. The summed E-state index contributed by atoms with van der Waals surface area (Å²) in [4.78, 5) is 11.3. The van der Waals surface area contributed by atoms with Gasteiger partial charge in [-0.25, -0.2) is 13.6 Å². The van der Waals surface area contributed by atoms with Crippen molar-refractivity contribution in [2.75, 3.05) is 6.61 Å². The first-order valence-electron chi connectivity index (χ1n) is 8.47. The first-order valence-corrected chi connectivity index (χ1v) is 11.4. The van der Waals surface area contributed by atoms with Gasteiger partial charge in [0.1, 0.15) is 17.2 Å². The van der Waals surface area contributed by atoms with E-state index in [9.17, 15) is 13.6 Å². The van der Waals surface area contributed by atoms with Crippen molar-refractivity contribution < 1.29 is 22.7 Å². The number of amides is 1. The minimum absolute atomic E-state index is 0.0450.